The summed E-state index contributed by atoms with van der Waals surface area (Å²) in [6.07, 6.45) is 8.04. The van der Waals surface area contributed by atoms with Crippen molar-refractivity contribution < 1.29 is 9.66 Å². The fourth-order valence-corrected chi connectivity index (χ4v) is 1.54. The quantitative estimate of drug-likeness (QED) is 0.326. The second-order valence-corrected chi connectivity index (χ2v) is 3.82. The van der Waals surface area contributed by atoms with Crippen LogP contribution in [0.1, 0.15) is 12.5 Å². The molecule has 0 bridgehead atoms. The fourth-order valence-electron chi connectivity index (χ4n) is 1.54. The Kier molecular flexibility index (Phi) is 6.54. The van der Waals surface area contributed by atoms with Crippen molar-refractivity contribution in [2.75, 3.05) is 6.61 Å². The molecule has 0 aromatic heterocycles. The van der Waals surface area contributed by atoms with E-state index >= 15 is 0 Å². The lowest BCUT2D eigenvalue weighted by atomic mass is 10.2. The second-order valence-electron chi connectivity index (χ2n) is 3.82. The SMILES string of the molecule is C=C/C=C(OC/C=C/c1ccccc1)\C(=C/C)[N+](=O)[O-]. The van der Waals surface area contributed by atoms with Gasteiger partial charge in [-0.05, 0) is 30.7 Å². The van der Waals surface area contributed by atoms with Crippen LogP contribution in [0.4, 0.5) is 0 Å². The zero-order chi connectivity index (χ0) is 14.8. The number of allylic oxidation sites excluding steroid dienone is 3. The molecule has 1 aromatic carbocycles. The Morgan fingerprint density at radius 1 is 1.40 bits per heavy atom. The van der Waals surface area contributed by atoms with E-state index in [9.17, 15) is 10.1 Å². The number of hydrogen-bond acceptors (Lipinski definition) is 3. The maximum atomic E-state index is 10.9. The highest BCUT2D eigenvalue weighted by molar-refractivity contribution is 5.48. The largest absolute Gasteiger partial charge is 0.483 e. The molecule has 1 aromatic rings. The van der Waals surface area contributed by atoms with E-state index in [2.05, 4.69) is 6.58 Å². The number of benzene rings is 1. The average molecular weight is 271 g/mol. The molecular formula is C16H17NO3. The van der Waals surface area contributed by atoms with Gasteiger partial charge in [0.1, 0.15) is 6.61 Å². The van der Waals surface area contributed by atoms with Crippen molar-refractivity contribution >= 4 is 6.08 Å². The van der Waals surface area contributed by atoms with Crippen LogP contribution in [0.2, 0.25) is 0 Å². The summed E-state index contributed by atoms with van der Waals surface area (Å²) >= 11 is 0. The average Bonchev–Trinajstić information content (AvgIpc) is 2.45. The molecule has 0 unspecified atom stereocenters. The van der Waals surface area contributed by atoms with Gasteiger partial charge in [0, 0.05) is 0 Å². The van der Waals surface area contributed by atoms with Crippen molar-refractivity contribution in [1.82, 2.24) is 0 Å². The fraction of sp³-hybridized carbons (Fsp3) is 0.125. The van der Waals surface area contributed by atoms with Crippen LogP contribution >= 0.6 is 0 Å². The Morgan fingerprint density at radius 3 is 2.65 bits per heavy atom. The molecule has 0 aliphatic heterocycles. The molecule has 104 valence electrons. The van der Waals surface area contributed by atoms with Crippen LogP contribution in [0.15, 0.2) is 72.7 Å². The third-order valence-corrected chi connectivity index (χ3v) is 2.44. The molecule has 0 N–H and O–H groups in total. The molecule has 0 saturated heterocycles. The molecular weight excluding hydrogens is 254 g/mol. The first-order valence-electron chi connectivity index (χ1n) is 6.17. The number of nitro groups is 1. The van der Waals surface area contributed by atoms with Gasteiger partial charge in [0.2, 0.25) is 0 Å². The Bertz CT molecular complexity index is 542. The van der Waals surface area contributed by atoms with Crippen LogP contribution in [-0.2, 0) is 4.74 Å². The normalized spacial score (nSPS) is 12.4. The van der Waals surface area contributed by atoms with Crippen LogP contribution in [-0.4, -0.2) is 11.5 Å². The van der Waals surface area contributed by atoms with Crippen LogP contribution in [0.25, 0.3) is 6.08 Å². The first-order chi connectivity index (χ1) is 9.69. The van der Waals surface area contributed by atoms with Crippen LogP contribution in [0.3, 0.4) is 0 Å². The van der Waals surface area contributed by atoms with E-state index in [4.69, 9.17) is 4.74 Å². The van der Waals surface area contributed by atoms with Gasteiger partial charge in [-0.15, -0.1) is 0 Å². The minimum Gasteiger partial charge on any atom is -0.483 e. The lowest BCUT2D eigenvalue weighted by Gasteiger charge is -2.05. The van der Waals surface area contributed by atoms with Crippen molar-refractivity contribution in [3.05, 3.63) is 88.3 Å². The van der Waals surface area contributed by atoms with Gasteiger partial charge in [0.25, 0.3) is 0 Å². The smallest absolute Gasteiger partial charge is 0.306 e. The topological polar surface area (TPSA) is 52.4 Å². The highest BCUT2D eigenvalue weighted by Crippen LogP contribution is 2.13. The van der Waals surface area contributed by atoms with E-state index in [0.29, 0.717) is 0 Å². The third kappa shape index (κ3) is 4.94. The van der Waals surface area contributed by atoms with Gasteiger partial charge >= 0.3 is 5.70 Å². The molecule has 0 radical (unpaired) electrons. The van der Waals surface area contributed by atoms with Gasteiger partial charge in [0.15, 0.2) is 5.76 Å². The third-order valence-electron chi connectivity index (χ3n) is 2.44. The predicted octanol–water partition coefficient (Wildman–Crippen LogP) is 3.97. The Labute approximate surface area is 118 Å². The Morgan fingerprint density at radius 2 is 2.10 bits per heavy atom. The molecule has 20 heavy (non-hydrogen) atoms. The maximum Gasteiger partial charge on any atom is 0.306 e. The summed E-state index contributed by atoms with van der Waals surface area (Å²) in [6, 6.07) is 9.74. The van der Waals surface area contributed by atoms with E-state index in [-0.39, 0.29) is 18.1 Å². The summed E-state index contributed by atoms with van der Waals surface area (Å²) in [4.78, 5) is 10.4. The molecule has 4 heteroatoms. The summed E-state index contributed by atoms with van der Waals surface area (Å²) in [5.74, 6) is 0.199. The maximum absolute atomic E-state index is 10.9. The molecule has 0 amide bonds. The molecule has 0 fully saturated rings. The van der Waals surface area contributed by atoms with Crippen molar-refractivity contribution in [2.45, 2.75) is 6.92 Å². The van der Waals surface area contributed by atoms with Crippen molar-refractivity contribution in [3.63, 3.8) is 0 Å². The van der Waals surface area contributed by atoms with E-state index in [0.717, 1.165) is 5.56 Å². The van der Waals surface area contributed by atoms with Gasteiger partial charge in [0.05, 0.1) is 4.92 Å². The molecule has 0 atom stereocenters. The highest BCUT2D eigenvalue weighted by Gasteiger charge is 2.16. The Balaban J connectivity index is 2.65. The lowest BCUT2D eigenvalue weighted by Crippen LogP contribution is -2.05. The van der Waals surface area contributed by atoms with Gasteiger partial charge in [-0.25, -0.2) is 0 Å². The van der Waals surface area contributed by atoms with Crippen LogP contribution < -0.4 is 0 Å². The molecule has 0 heterocycles. The zero-order valence-corrected chi connectivity index (χ0v) is 11.4. The van der Waals surface area contributed by atoms with Crippen molar-refractivity contribution in [3.8, 4) is 0 Å². The first-order valence-corrected chi connectivity index (χ1v) is 6.17. The standard InChI is InChI=1S/C16H17NO3/c1-3-9-16(15(4-2)17(18)19)20-13-8-12-14-10-6-5-7-11-14/h3-12H,1,13H2,2H3/b12-8+,15-4+,16-9+. The van der Waals surface area contributed by atoms with Crippen molar-refractivity contribution in [2.24, 2.45) is 0 Å². The summed E-state index contributed by atoms with van der Waals surface area (Å²) in [6.45, 7) is 5.37. The monoisotopic (exact) mass is 271 g/mol. The molecule has 1 rings (SSSR count). The van der Waals surface area contributed by atoms with Gasteiger partial charge < -0.3 is 4.74 Å². The summed E-state index contributed by atoms with van der Waals surface area (Å²) in [7, 11) is 0. The van der Waals surface area contributed by atoms with Gasteiger partial charge in [-0.1, -0.05) is 49.1 Å². The summed E-state index contributed by atoms with van der Waals surface area (Å²) in [5.41, 5.74) is 0.976. The van der Waals surface area contributed by atoms with Crippen LogP contribution in [0.5, 0.6) is 0 Å². The first kappa shape index (κ1) is 15.4. The molecule has 0 saturated carbocycles. The van der Waals surface area contributed by atoms with E-state index in [1.165, 1.54) is 18.2 Å². The predicted molar refractivity (Wildman–Crippen MR) is 80.5 cm³/mol. The zero-order valence-electron chi connectivity index (χ0n) is 11.4. The number of ether oxygens (including phenoxy) is 1. The van der Waals surface area contributed by atoms with E-state index in [1.54, 1.807) is 13.0 Å². The number of nitrogens with zero attached hydrogens (tertiary/aromatic N) is 1. The molecule has 4 nitrogen and oxygen atoms in total. The molecule has 0 spiro atoms. The van der Waals surface area contributed by atoms with Crippen LogP contribution in [0, 0.1) is 10.1 Å². The summed E-state index contributed by atoms with van der Waals surface area (Å²) < 4.78 is 5.41. The van der Waals surface area contributed by atoms with E-state index < -0.39 is 4.92 Å². The van der Waals surface area contributed by atoms with Crippen molar-refractivity contribution in [1.29, 1.82) is 0 Å². The number of rotatable bonds is 7. The van der Waals surface area contributed by atoms with Gasteiger partial charge in [-0.2, -0.15) is 0 Å². The highest BCUT2D eigenvalue weighted by atomic mass is 16.6. The number of hydrogen-bond donors (Lipinski definition) is 0. The van der Waals surface area contributed by atoms with Gasteiger partial charge in [-0.3, -0.25) is 10.1 Å². The van der Waals surface area contributed by atoms with E-state index in [1.807, 2.05) is 36.4 Å². The Hall–Kier alpha value is -2.62. The minimum atomic E-state index is -0.476. The summed E-state index contributed by atoms with van der Waals surface area (Å²) in [5, 5.41) is 10.9. The lowest BCUT2D eigenvalue weighted by molar-refractivity contribution is -0.424. The minimum absolute atomic E-state index is 0.0713. The molecule has 0 aliphatic rings. The second kappa shape index (κ2) is 8.48. The molecule has 0 aliphatic carbocycles.